The molecule has 2 heterocycles. The first-order valence-corrected chi connectivity index (χ1v) is 8.46. The van der Waals surface area contributed by atoms with Gasteiger partial charge in [-0.15, -0.1) is 0 Å². The summed E-state index contributed by atoms with van der Waals surface area (Å²) >= 11 is 0. The second-order valence-corrected chi connectivity index (χ2v) is 6.32. The molecule has 1 unspecified atom stereocenters. The molecule has 1 fully saturated rings. The quantitative estimate of drug-likeness (QED) is 0.917. The van der Waals surface area contributed by atoms with Crippen molar-refractivity contribution in [2.45, 2.75) is 13.0 Å². The zero-order chi connectivity index (χ0) is 18.0. The van der Waals surface area contributed by atoms with Crippen LogP contribution in [0.4, 0.5) is 0 Å². The molecular formula is C19H23N3O3. The van der Waals surface area contributed by atoms with Crippen molar-refractivity contribution < 1.29 is 14.7 Å². The molecule has 132 valence electrons. The van der Waals surface area contributed by atoms with Crippen molar-refractivity contribution in [1.82, 2.24) is 14.4 Å². The van der Waals surface area contributed by atoms with E-state index in [2.05, 4.69) is 0 Å². The molecule has 1 aliphatic rings. The average Bonchev–Trinajstić information content (AvgIpc) is 3.02. The minimum absolute atomic E-state index is 0.0335. The number of carbonyl (C=O) groups is 2. The first-order valence-electron chi connectivity index (χ1n) is 8.46. The molecule has 1 aromatic heterocycles. The SMILES string of the molecule is CC(O)C(=O)N1CCN(C(=O)c2ccc(-c3ccccc3)n2C)CC1. The fraction of sp³-hybridized carbons (Fsp3) is 0.368. The third-order valence-electron chi connectivity index (χ3n) is 4.65. The fourth-order valence-electron chi connectivity index (χ4n) is 3.18. The number of benzene rings is 1. The molecule has 1 atom stereocenters. The minimum Gasteiger partial charge on any atom is -0.384 e. The number of aromatic nitrogens is 1. The van der Waals surface area contributed by atoms with Crippen molar-refractivity contribution in [3.05, 3.63) is 48.2 Å². The molecule has 1 aromatic carbocycles. The normalized spacial score (nSPS) is 16.0. The van der Waals surface area contributed by atoms with Gasteiger partial charge in [-0.05, 0) is 24.6 Å². The van der Waals surface area contributed by atoms with Gasteiger partial charge in [0.15, 0.2) is 0 Å². The van der Waals surface area contributed by atoms with Crippen molar-refractivity contribution >= 4 is 11.8 Å². The van der Waals surface area contributed by atoms with Gasteiger partial charge in [0.25, 0.3) is 11.8 Å². The number of aliphatic hydroxyl groups is 1. The minimum atomic E-state index is -0.997. The number of rotatable bonds is 3. The Kier molecular flexibility index (Phi) is 4.90. The molecule has 3 rings (SSSR count). The highest BCUT2D eigenvalue weighted by molar-refractivity contribution is 5.94. The molecule has 1 aliphatic heterocycles. The maximum atomic E-state index is 12.8. The number of hydrogen-bond acceptors (Lipinski definition) is 3. The van der Waals surface area contributed by atoms with E-state index < -0.39 is 6.10 Å². The van der Waals surface area contributed by atoms with Crippen molar-refractivity contribution in [2.75, 3.05) is 26.2 Å². The van der Waals surface area contributed by atoms with Gasteiger partial charge in [0, 0.05) is 38.9 Å². The summed E-state index contributed by atoms with van der Waals surface area (Å²) in [7, 11) is 1.89. The van der Waals surface area contributed by atoms with E-state index in [-0.39, 0.29) is 11.8 Å². The van der Waals surface area contributed by atoms with Crippen LogP contribution in [0.25, 0.3) is 11.3 Å². The van der Waals surface area contributed by atoms with Gasteiger partial charge in [-0.25, -0.2) is 0 Å². The Morgan fingerprint density at radius 2 is 1.56 bits per heavy atom. The Labute approximate surface area is 147 Å². The van der Waals surface area contributed by atoms with Gasteiger partial charge in [0.1, 0.15) is 11.8 Å². The summed E-state index contributed by atoms with van der Waals surface area (Å²) in [5, 5.41) is 9.40. The molecule has 6 nitrogen and oxygen atoms in total. The molecule has 0 spiro atoms. The van der Waals surface area contributed by atoms with E-state index >= 15 is 0 Å². The summed E-state index contributed by atoms with van der Waals surface area (Å²) in [5.74, 6) is -0.314. The number of aliphatic hydroxyl groups excluding tert-OH is 1. The Morgan fingerprint density at radius 1 is 0.960 bits per heavy atom. The summed E-state index contributed by atoms with van der Waals surface area (Å²) in [5.41, 5.74) is 2.69. The Morgan fingerprint density at radius 3 is 2.16 bits per heavy atom. The Balaban J connectivity index is 1.71. The van der Waals surface area contributed by atoms with Gasteiger partial charge in [-0.3, -0.25) is 9.59 Å². The molecule has 25 heavy (non-hydrogen) atoms. The third kappa shape index (κ3) is 3.44. The van der Waals surface area contributed by atoms with Crippen LogP contribution in [-0.2, 0) is 11.8 Å². The van der Waals surface area contributed by atoms with Crippen LogP contribution < -0.4 is 0 Å². The topological polar surface area (TPSA) is 65.8 Å². The predicted molar refractivity (Wildman–Crippen MR) is 95.0 cm³/mol. The maximum Gasteiger partial charge on any atom is 0.270 e. The summed E-state index contributed by atoms with van der Waals surface area (Å²) in [6, 6.07) is 13.7. The Hall–Kier alpha value is -2.60. The molecule has 0 saturated carbocycles. The summed E-state index contributed by atoms with van der Waals surface area (Å²) in [4.78, 5) is 28.0. The number of carbonyl (C=O) groups excluding carboxylic acids is 2. The molecule has 1 saturated heterocycles. The summed E-state index contributed by atoms with van der Waals surface area (Å²) in [6.07, 6.45) is -0.997. The van der Waals surface area contributed by atoms with E-state index in [1.807, 2.05) is 54.1 Å². The number of amides is 2. The Bertz CT molecular complexity index is 759. The predicted octanol–water partition coefficient (Wildman–Crippen LogP) is 1.36. The second kappa shape index (κ2) is 7.11. The third-order valence-corrected chi connectivity index (χ3v) is 4.65. The highest BCUT2D eigenvalue weighted by Crippen LogP contribution is 2.22. The largest absolute Gasteiger partial charge is 0.384 e. The van der Waals surface area contributed by atoms with E-state index in [1.54, 1.807) is 9.80 Å². The smallest absolute Gasteiger partial charge is 0.270 e. The highest BCUT2D eigenvalue weighted by atomic mass is 16.3. The van der Waals surface area contributed by atoms with E-state index in [4.69, 9.17) is 0 Å². The lowest BCUT2D eigenvalue weighted by molar-refractivity contribution is -0.140. The van der Waals surface area contributed by atoms with Crippen LogP contribution in [0.3, 0.4) is 0 Å². The molecule has 0 radical (unpaired) electrons. The van der Waals surface area contributed by atoms with Gasteiger partial charge in [-0.1, -0.05) is 30.3 Å². The van der Waals surface area contributed by atoms with Crippen molar-refractivity contribution in [2.24, 2.45) is 7.05 Å². The maximum absolute atomic E-state index is 12.8. The van der Waals surface area contributed by atoms with Crippen LogP contribution >= 0.6 is 0 Å². The number of piperazine rings is 1. The monoisotopic (exact) mass is 341 g/mol. The zero-order valence-electron chi connectivity index (χ0n) is 14.6. The molecule has 0 aliphatic carbocycles. The van der Waals surface area contributed by atoms with Crippen LogP contribution in [0, 0.1) is 0 Å². The van der Waals surface area contributed by atoms with Crippen molar-refractivity contribution in [3.63, 3.8) is 0 Å². The van der Waals surface area contributed by atoms with Crippen molar-refractivity contribution in [3.8, 4) is 11.3 Å². The lowest BCUT2D eigenvalue weighted by Gasteiger charge is -2.35. The van der Waals surface area contributed by atoms with Gasteiger partial charge in [0.2, 0.25) is 0 Å². The van der Waals surface area contributed by atoms with Crippen LogP contribution in [0.5, 0.6) is 0 Å². The van der Waals surface area contributed by atoms with E-state index in [0.717, 1.165) is 11.3 Å². The molecular weight excluding hydrogens is 318 g/mol. The van der Waals surface area contributed by atoms with Crippen LogP contribution in [0.2, 0.25) is 0 Å². The highest BCUT2D eigenvalue weighted by Gasteiger charge is 2.27. The molecule has 2 amide bonds. The fourth-order valence-corrected chi connectivity index (χ4v) is 3.18. The van der Waals surface area contributed by atoms with E-state index in [1.165, 1.54) is 6.92 Å². The average molecular weight is 341 g/mol. The lowest BCUT2D eigenvalue weighted by atomic mass is 10.2. The van der Waals surface area contributed by atoms with Crippen molar-refractivity contribution in [1.29, 1.82) is 0 Å². The molecule has 0 bridgehead atoms. The molecule has 6 heteroatoms. The van der Waals surface area contributed by atoms with Gasteiger partial charge in [0.05, 0.1) is 0 Å². The molecule has 2 aromatic rings. The first-order chi connectivity index (χ1) is 12.0. The van der Waals surface area contributed by atoms with Crippen LogP contribution in [-0.4, -0.2) is 63.6 Å². The van der Waals surface area contributed by atoms with Gasteiger partial charge < -0.3 is 19.5 Å². The van der Waals surface area contributed by atoms with Crippen LogP contribution in [0.15, 0.2) is 42.5 Å². The number of nitrogens with zero attached hydrogens (tertiary/aromatic N) is 3. The summed E-state index contributed by atoms with van der Waals surface area (Å²) in [6.45, 7) is 3.32. The van der Waals surface area contributed by atoms with Gasteiger partial charge >= 0.3 is 0 Å². The van der Waals surface area contributed by atoms with Crippen LogP contribution in [0.1, 0.15) is 17.4 Å². The molecule has 1 N–H and O–H groups in total. The number of hydrogen-bond donors (Lipinski definition) is 1. The first kappa shape index (κ1) is 17.2. The van der Waals surface area contributed by atoms with E-state index in [9.17, 15) is 14.7 Å². The van der Waals surface area contributed by atoms with Gasteiger partial charge in [-0.2, -0.15) is 0 Å². The van der Waals surface area contributed by atoms with E-state index in [0.29, 0.717) is 31.9 Å². The summed E-state index contributed by atoms with van der Waals surface area (Å²) < 4.78 is 1.91. The standard InChI is InChI=1S/C19H23N3O3/c1-14(23)18(24)21-10-12-22(13-11-21)19(25)17-9-8-16(20(17)2)15-6-4-3-5-7-15/h3-9,14,23H,10-13H2,1-2H3. The lowest BCUT2D eigenvalue weighted by Crippen LogP contribution is -2.52. The second-order valence-electron chi connectivity index (χ2n) is 6.32. The zero-order valence-corrected chi connectivity index (χ0v) is 14.6.